The largest absolute Gasteiger partial charge is 0.312 e. The van der Waals surface area contributed by atoms with Crippen molar-refractivity contribution in [2.75, 3.05) is 6.54 Å². The summed E-state index contributed by atoms with van der Waals surface area (Å²) in [7, 11) is 0. The first-order valence-electron chi connectivity index (χ1n) is 7.21. The Morgan fingerprint density at radius 3 is 2.11 bits per heavy atom. The maximum Gasteiger partial charge on any atom is 0.0205 e. The predicted molar refractivity (Wildman–Crippen MR) is 80.8 cm³/mol. The molecule has 1 rings (SSSR count). The molecule has 0 atom stereocenters. The van der Waals surface area contributed by atoms with Gasteiger partial charge in [-0.15, -0.1) is 0 Å². The number of nitrogens with one attached hydrogen (secondary N) is 1. The van der Waals surface area contributed by atoms with E-state index in [2.05, 4.69) is 64.2 Å². The van der Waals surface area contributed by atoms with Gasteiger partial charge in [-0.25, -0.2) is 0 Å². The maximum atomic E-state index is 3.55. The van der Waals surface area contributed by atoms with E-state index in [1.54, 1.807) is 0 Å². The Bertz CT molecular complexity index is 335. The molecule has 1 nitrogen and oxygen atoms in total. The first-order valence-corrected chi connectivity index (χ1v) is 7.21. The Kier molecular flexibility index (Phi) is 5.87. The molecule has 0 amide bonds. The van der Waals surface area contributed by atoms with Crippen molar-refractivity contribution in [1.82, 2.24) is 5.32 Å². The maximum absolute atomic E-state index is 3.55. The Balaban J connectivity index is 2.40. The molecule has 1 aromatic carbocycles. The summed E-state index contributed by atoms with van der Waals surface area (Å²) in [6.45, 7) is 13.5. The number of hydrogen-bond donors (Lipinski definition) is 1. The van der Waals surface area contributed by atoms with Gasteiger partial charge in [0.25, 0.3) is 0 Å². The van der Waals surface area contributed by atoms with E-state index in [9.17, 15) is 0 Å². The lowest BCUT2D eigenvalue weighted by Gasteiger charge is -2.23. The first kappa shape index (κ1) is 15.2. The third-order valence-corrected chi connectivity index (χ3v) is 3.56. The summed E-state index contributed by atoms with van der Waals surface area (Å²) in [4.78, 5) is 0. The zero-order chi connectivity index (χ0) is 13.6. The number of benzene rings is 1. The smallest absolute Gasteiger partial charge is 0.0205 e. The predicted octanol–water partition coefficient (Wildman–Crippen LogP) is 4.41. The van der Waals surface area contributed by atoms with E-state index in [-0.39, 0.29) is 0 Å². The van der Waals surface area contributed by atoms with Gasteiger partial charge in [-0.3, -0.25) is 0 Å². The summed E-state index contributed by atoms with van der Waals surface area (Å²) in [6, 6.07) is 9.04. The van der Waals surface area contributed by atoms with Crippen LogP contribution in [0.1, 0.15) is 52.2 Å². The molecule has 0 aliphatic heterocycles. The van der Waals surface area contributed by atoms with Gasteiger partial charge in [0.1, 0.15) is 0 Å². The lowest BCUT2D eigenvalue weighted by Crippen LogP contribution is -2.28. The Labute approximate surface area is 113 Å². The molecule has 1 heteroatoms. The average molecular weight is 247 g/mol. The van der Waals surface area contributed by atoms with Crippen LogP contribution in [0.2, 0.25) is 0 Å². The van der Waals surface area contributed by atoms with Gasteiger partial charge < -0.3 is 5.32 Å². The zero-order valence-electron chi connectivity index (χ0n) is 12.7. The third-order valence-electron chi connectivity index (χ3n) is 3.56. The van der Waals surface area contributed by atoms with Crippen LogP contribution in [0, 0.1) is 11.3 Å². The fraction of sp³-hybridized carbons (Fsp3) is 0.647. The second-order valence-corrected chi connectivity index (χ2v) is 6.54. The van der Waals surface area contributed by atoms with E-state index in [0.29, 0.717) is 5.41 Å². The normalized spacial score (nSPS) is 12.1. The molecule has 0 saturated heterocycles. The third kappa shape index (κ3) is 5.68. The molecule has 18 heavy (non-hydrogen) atoms. The highest BCUT2D eigenvalue weighted by Crippen LogP contribution is 2.18. The second-order valence-electron chi connectivity index (χ2n) is 6.54. The highest BCUT2D eigenvalue weighted by Gasteiger charge is 2.13. The summed E-state index contributed by atoms with van der Waals surface area (Å²) < 4.78 is 0. The van der Waals surface area contributed by atoms with Gasteiger partial charge in [0.05, 0.1) is 0 Å². The summed E-state index contributed by atoms with van der Waals surface area (Å²) in [5.41, 5.74) is 3.23. The second kappa shape index (κ2) is 6.94. The molecular weight excluding hydrogens is 218 g/mol. The van der Waals surface area contributed by atoms with Gasteiger partial charge in [0, 0.05) is 13.1 Å². The Morgan fingerprint density at radius 1 is 1.06 bits per heavy atom. The summed E-state index contributed by atoms with van der Waals surface area (Å²) in [6.07, 6.45) is 2.39. The highest BCUT2D eigenvalue weighted by molar-refractivity contribution is 5.22. The van der Waals surface area contributed by atoms with Crippen molar-refractivity contribution in [3.05, 3.63) is 35.4 Å². The molecule has 0 saturated carbocycles. The summed E-state index contributed by atoms with van der Waals surface area (Å²) in [5.74, 6) is 0.735. The van der Waals surface area contributed by atoms with Crippen LogP contribution in [0.3, 0.4) is 0 Å². The molecular formula is C17H29N. The van der Waals surface area contributed by atoms with E-state index in [1.165, 1.54) is 24.0 Å². The van der Waals surface area contributed by atoms with Crippen LogP contribution in [0.25, 0.3) is 0 Å². The summed E-state index contributed by atoms with van der Waals surface area (Å²) in [5, 5.41) is 3.55. The molecule has 0 fully saturated rings. The standard InChI is InChI=1S/C17H29N/c1-6-17(4,5)13-18-12-16-9-7-15(8-10-16)11-14(2)3/h7-10,14,18H,6,11-13H2,1-5H3. The van der Waals surface area contributed by atoms with E-state index < -0.39 is 0 Å². The highest BCUT2D eigenvalue weighted by atomic mass is 14.9. The monoisotopic (exact) mass is 247 g/mol. The van der Waals surface area contributed by atoms with Gasteiger partial charge in [-0.05, 0) is 35.3 Å². The van der Waals surface area contributed by atoms with Crippen molar-refractivity contribution in [2.45, 2.75) is 54.0 Å². The fourth-order valence-corrected chi connectivity index (χ4v) is 1.93. The molecule has 0 aromatic heterocycles. The van der Waals surface area contributed by atoms with Crippen LogP contribution in [-0.2, 0) is 13.0 Å². The molecule has 0 aliphatic rings. The van der Waals surface area contributed by atoms with Crippen molar-refractivity contribution in [3.8, 4) is 0 Å². The minimum Gasteiger partial charge on any atom is -0.312 e. The van der Waals surface area contributed by atoms with Crippen molar-refractivity contribution in [2.24, 2.45) is 11.3 Å². The van der Waals surface area contributed by atoms with E-state index in [0.717, 1.165) is 19.0 Å². The topological polar surface area (TPSA) is 12.0 Å². The summed E-state index contributed by atoms with van der Waals surface area (Å²) >= 11 is 0. The first-order chi connectivity index (χ1) is 8.43. The van der Waals surface area contributed by atoms with E-state index in [1.807, 2.05) is 0 Å². The Morgan fingerprint density at radius 2 is 1.61 bits per heavy atom. The Hall–Kier alpha value is -0.820. The van der Waals surface area contributed by atoms with Gasteiger partial charge in [0.2, 0.25) is 0 Å². The van der Waals surface area contributed by atoms with Crippen molar-refractivity contribution in [1.29, 1.82) is 0 Å². The van der Waals surface area contributed by atoms with Crippen molar-refractivity contribution >= 4 is 0 Å². The minimum atomic E-state index is 0.400. The molecule has 0 spiro atoms. The molecule has 1 N–H and O–H groups in total. The average Bonchev–Trinajstić information content (AvgIpc) is 2.30. The molecule has 0 heterocycles. The van der Waals surface area contributed by atoms with Crippen LogP contribution >= 0.6 is 0 Å². The fourth-order valence-electron chi connectivity index (χ4n) is 1.93. The van der Waals surface area contributed by atoms with Gasteiger partial charge in [0.15, 0.2) is 0 Å². The van der Waals surface area contributed by atoms with Gasteiger partial charge >= 0.3 is 0 Å². The zero-order valence-corrected chi connectivity index (χ0v) is 12.7. The van der Waals surface area contributed by atoms with Crippen LogP contribution < -0.4 is 5.32 Å². The molecule has 0 unspecified atom stereocenters. The van der Waals surface area contributed by atoms with Crippen LogP contribution in [0.15, 0.2) is 24.3 Å². The van der Waals surface area contributed by atoms with Crippen LogP contribution in [0.4, 0.5) is 0 Å². The molecule has 1 aromatic rings. The number of rotatable bonds is 7. The van der Waals surface area contributed by atoms with Crippen molar-refractivity contribution < 1.29 is 0 Å². The number of hydrogen-bond acceptors (Lipinski definition) is 1. The van der Waals surface area contributed by atoms with Gasteiger partial charge in [-0.2, -0.15) is 0 Å². The van der Waals surface area contributed by atoms with E-state index in [4.69, 9.17) is 0 Å². The molecule has 102 valence electrons. The van der Waals surface area contributed by atoms with Crippen LogP contribution in [-0.4, -0.2) is 6.54 Å². The molecule has 0 radical (unpaired) electrons. The molecule has 0 aliphatic carbocycles. The van der Waals surface area contributed by atoms with Gasteiger partial charge in [-0.1, -0.05) is 58.9 Å². The lowest BCUT2D eigenvalue weighted by molar-refractivity contribution is 0.327. The minimum absolute atomic E-state index is 0.400. The molecule has 0 bridgehead atoms. The van der Waals surface area contributed by atoms with E-state index >= 15 is 0 Å². The SMILES string of the molecule is CCC(C)(C)CNCc1ccc(CC(C)C)cc1. The quantitative estimate of drug-likeness (QED) is 0.752. The van der Waals surface area contributed by atoms with Crippen LogP contribution in [0.5, 0.6) is 0 Å². The van der Waals surface area contributed by atoms with Crippen molar-refractivity contribution in [3.63, 3.8) is 0 Å². The lowest BCUT2D eigenvalue weighted by atomic mass is 9.90.